The number of aliphatic hydroxyl groups is 2. The molecule has 2 atom stereocenters. The fourth-order valence-electron chi connectivity index (χ4n) is 4.88. The quantitative estimate of drug-likeness (QED) is 0.426. The van der Waals surface area contributed by atoms with Crippen molar-refractivity contribution in [2.75, 3.05) is 0 Å². The van der Waals surface area contributed by atoms with Gasteiger partial charge in [-0.2, -0.15) is 5.10 Å². The number of hydrogen-bond donors (Lipinski definition) is 3. The second-order valence-electron chi connectivity index (χ2n) is 9.71. The third-order valence-electron chi connectivity index (χ3n) is 6.45. The van der Waals surface area contributed by atoms with Crippen LogP contribution in [0.3, 0.4) is 0 Å². The summed E-state index contributed by atoms with van der Waals surface area (Å²) in [5, 5.41) is 34.0. The van der Waals surface area contributed by atoms with Crippen LogP contribution in [0.2, 0.25) is 0 Å². The summed E-state index contributed by atoms with van der Waals surface area (Å²) in [6, 6.07) is 6.39. The highest BCUT2D eigenvalue weighted by molar-refractivity contribution is 5.85. The lowest BCUT2D eigenvalue weighted by Gasteiger charge is -2.21. The Morgan fingerprint density at radius 3 is 2.58 bits per heavy atom. The summed E-state index contributed by atoms with van der Waals surface area (Å²) in [4.78, 5) is 16.0. The molecule has 2 aromatic heterocycles. The average Bonchev–Trinajstić information content (AvgIpc) is 3.09. The number of carboxylic acids is 1. The molecule has 0 spiro atoms. The van der Waals surface area contributed by atoms with Gasteiger partial charge in [-0.1, -0.05) is 38.1 Å². The minimum atomic E-state index is -1.16. The predicted molar refractivity (Wildman–Crippen MR) is 136 cm³/mol. The molecule has 4 rings (SSSR count). The zero-order valence-electron chi connectivity index (χ0n) is 20.8. The highest BCUT2D eigenvalue weighted by atomic mass is 19.1. The molecule has 190 valence electrons. The second-order valence-corrected chi connectivity index (χ2v) is 9.71. The molecule has 0 bridgehead atoms. The number of benzene rings is 1. The normalized spacial score (nSPS) is 15.0. The van der Waals surface area contributed by atoms with E-state index in [2.05, 4.69) is 18.9 Å². The van der Waals surface area contributed by atoms with E-state index in [0.717, 1.165) is 64.2 Å². The zero-order valence-corrected chi connectivity index (χ0v) is 20.8. The summed E-state index contributed by atoms with van der Waals surface area (Å²) in [5.41, 5.74) is 7.40. The van der Waals surface area contributed by atoms with Gasteiger partial charge in [0.25, 0.3) is 0 Å². The predicted octanol–water partition coefficient (Wildman–Crippen LogP) is 4.50. The number of carboxylic acid groups (broad SMARTS) is 1. The van der Waals surface area contributed by atoms with Gasteiger partial charge in [0.1, 0.15) is 5.82 Å². The van der Waals surface area contributed by atoms with Crippen LogP contribution in [0.15, 0.2) is 36.5 Å². The van der Waals surface area contributed by atoms with E-state index in [1.807, 2.05) is 13.2 Å². The van der Waals surface area contributed by atoms with E-state index >= 15 is 0 Å². The number of carbonyl (C=O) groups is 1. The molecule has 0 saturated carbocycles. The Balaban J connectivity index is 1.89. The Morgan fingerprint density at radius 1 is 1.19 bits per heavy atom. The standard InChI is InChI=1S/C28H32FN3O4/c1-16(2)27-22(12-11-19(33)13-20(34)14-25(35)36)26(17-7-9-18(29)10-8-17)21-5-4-6-24-23(28(21)30-27)15-32(3)31-24/h7-12,15-16,19-20,33-34H,4-6,13-14H2,1-3H3,(H,35,36)/b12-11+/t19-,20-/m1/s1. The van der Waals surface area contributed by atoms with Gasteiger partial charge in [-0.15, -0.1) is 0 Å². The second kappa shape index (κ2) is 10.7. The van der Waals surface area contributed by atoms with Crippen LogP contribution in [0.4, 0.5) is 4.39 Å². The van der Waals surface area contributed by atoms with E-state index in [9.17, 15) is 19.4 Å². The van der Waals surface area contributed by atoms with Crippen molar-refractivity contribution >= 4 is 12.0 Å². The topological polar surface area (TPSA) is 108 Å². The first-order chi connectivity index (χ1) is 17.1. The lowest BCUT2D eigenvalue weighted by Crippen LogP contribution is -2.19. The van der Waals surface area contributed by atoms with Gasteiger partial charge in [0.2, 0.25) is 0 Å². The Kier molecular flexibility index (Phi) is 7.66. The van der Waals surface area contributed by atoms with Gasteiger partial charge >= 0.3 is 5.97 Å². The van der Waals surface area contributed by atoms with Gasteiger partial charge in [-0.3, -0.25) is 14.5 Å². The first-order valence-corrected chi connectivity index (χ1v) is 12.3. The van der Waals surface area contributed by atoms with Crippen LogP contribution in [0.25, 0.3) is 28.5 Å². The molecule has 0 radical (unpaired) electrons. The van der Waals surface area contributed by atoms with Crippen LogP contribution in [0, 0.1) is 5.82 Å². The molecule has 1 aliphatic rings. The number of rotatable bonds is 8. The molecule has 3 aromatic rings. The zero-order chi connectivity index (χ0) is 26.0. The minimum Gasteiger partial charge on any atom is -0.481 e. The Labute approximate surface area is 209 Å². The molecule has 0 aliphatic heterocycles. The van der Waals surface area contributed by atoms with E-state index in [1.54, 1.807) is 29.0 Å². The molecule has 1 aliphatic carbocycles. The van der Waals surface area contributed by atoms with Gasteiger partial charge in [-0.05, 0) is 54.0 Å². The Hall–Kier alpha value is -3.36. The third-order valence-corrected chi connectivity index (χ3v) is 6.45. The van der Waals surface area contributed by atoms with Crippen molar-refractivity contribution in [1.29, 1.82) is 0 Å². The fourth-order valence-corrected chi connectivity index (χ4v) is 4.88. The Morgan fingerprint density at radius 2 is 1.92 bits per heavy atom. The van der Waals surface area contributed by atoms with Crippen LogP contribution in [-0.4, -0.2) is 48.3 Å². The third kappa shape index (κ3) is 5.55. The number of aliphatic hydroxyl groups excluding tert-OH is 2. The average molecular weight is 494 g/mol. The van der Waals surface area contributed by atoms with Crippen molar-refractivity contribution in [1.82, 2.24) is 14.8 Å². The van der Waals surface area contributed by atoms with Gasteiger partial charge in [0.15, 0.2) is 0 Å². The summed E-state index contributed by atoms with van der Waals surface area (Å²) in [7, 11) is 1.90. The largest absolute Gasteiger partial charge is 0.481 e. The summed E-state index contributed by atoms with van der Waals surface area (Å²) >= 11 is 0. The van der Waals surface area contributed by atoms with Crippen LogP contribution in [0.5, 0.6) is 0 Å². The number of aryl methyl sites for hydroxylation is 2. The number of pyridine rings is 1. The molecule has 0 amide bonds. The molecule has 0 fully saturated rings. The Bertz CT molecular complexity index is 1280. The SMILES string of the molecule is CC(C)c1nc2c(c(-c3ccc(F)cc3)c1/C=C/[C@@H](O)C[C@@H](O)CC(=O)O)CCCc1nn(C)cc1-2. The van der Waals surface area contributed by atoms with E-state index in [1.165, 1.54) is 12.1 Å². The van der Waals surface area contributed by atoms with Crippen molar-refractivity contribution in [3.63, 3.8) is 0 Å². The molecular formula is C28H32FN3O4. The molecule has 0 saturated heterocycles. The molecule has 2 heterocycles. The van der Waals surface area contributed by atoms with E-state index in [-0.39, 0.29) is 18.2 Å². The smallest absolute Gasteiger partial charge is 0.305 e. The monoisotopic (exact) mass is 493 g/mol. The number of nitrogens with zero attached hydrogens (tertiary/aromatic N) is 3. The first kappa shape index (κ1) is 25.7. The van der Waals surface area contributed by atoms with Crippen molar-refractivity contribution < 1.29 is 24.5 Å². The van der Waals surface area contributed by atoms with Crippen molar-refractivity contribution in [2.24, 2.45) is 7.05 Å². The molecule has 7 nitrogen and oxygen atoms in total. The number of aromatic nitrogens is 3. The highest BCUT2D eigenvalue weighted by Gasteiger charge is 2.26. The lowest BCUT2D eigenvalue weighted by molar-refractivity contribution is -0.139. The van der Waals surface area contributed by atoms with Gasteiger partial charge in [0, 0.05) is 30.8 Å². The number of halogens is 1. The lowest BCUT2D eigenvalue weighted by atomic mass is 9.87. The van der Waals surface area contributed by atoms with E-state index in [4.69, 9.17) is 10.1 Å². The van der Waals surface area contributed by atoms with Crippen LogP contribution < -0.4 is 0 Å². The van der Waals surface area contributed by atoms with Crippen LogP contribution in [-0.2, 0) is 24.7 Å². The van der Waals surface area contributed by atoms with Crippen molar-refractivity contribution in [3.05, 3.63) is 64.9 Å². The summed E-state index contributed by atoms with van der Waals surface area (Å²) in [5.74, 6) is -1.39. The molecule has 36 heavy (non-hydrogen) atoms. The maximum absolute atomic E-state index is 13.8. The maximum atomic E-state index is 13.8. The molecule has 3 N–H and O–H groups in total. The van der Waals surface area contributed by atoms with Gasteiger partial charge in [-0.25, -0.2) is 4.39 Å². The minimum absolute atomic E-state index is 0.0484. The summed E-state index contributed by atoms with van der Waals surface area (Å²) in [6.07, 6.45) is 5.14. The number of aliphatic carboxylic acids is 1. The maximum Gasteiger partial charge on any atom is 0.305 e. The first-order valence-electron chi connectivity index (χ1n) is 12.3. The van der Waals surface area contributed by atoms with Gasteiger partial charge in [0.05, 0.1) is 35.7 Å². The fraction of sp³-hybridized carbons (Fsp3) is 0.393. The molecule has 1 aromatic carbocycles. The summed E-state index contributed by atoms with van der Waals surface area (Å²) < 4.78 is 15.7. The van der Waals surface area contributed by atoms with E-state index in [0.29, 0.717) is 0 Å². The molecule has 8 heteroatoms. The summed E-state index contributed by atoms with van der Waals surface area (Å²) in [6.45, 7) is 4.10. The molecular weight excluding hydrogens is 461 g/mol. The van der Waals surface area contributed by atoms with E-state index < -0.39 is 24.6 Å². The number of hydrogen-bond acceptors (Lipinski definition) is 5. The number of fused-ring (bicyclic) bond motifs is 3. The van der Waals surface area contributed by atoms with Crippen LogP contribution in [0.1, 0.15) is 61.5 Å². The van der Waals surface area contributed by atoms with Crippen molar-refractivity contribution in [3.8, 4) is 22.4 Å². The van der Waals surface area contributed by atoms with Crippen LogP contribution >= 0.6 is 0 Å². The molecule has 0 unspecified atom stereocenters. The van der Waals surface area contributed by atoms with Crippen molar-refractivity contribution in [2.45, 2.75) is 64.1 Å². The highest BCUT2D eigenvalue weighted by Crippen LogP contribution is 2.41. The van der Waals surface area contributed by atoms with Gasteiger partial charge < -0.3 is 15.3 Å².